The first-order valence-corrected chi connectivity index (χ1v) is 8.03. The smallest absolute Gasteiger partial charge is 0.267 e. The standard InChI is InChI=1S/C17H19FN4O/c18-13-3-6-19-9-12(13)14-1-2-15(20-14)17(23)21-16-10-22-7-4-11(16)5-8-22/h1-3,6,9,11,16,20H,4-5,7-8,10H2,(H,21,23). The summed E-state index contributed by atoms with van der Waals surface area (Å²) < 4.78 is 13.8. The van der Waals surface area contributed by atoms with Crippen LogP contribution in [0.1, 0.15) is 23.3 Å². The number of pyridine rings is 1. The highest BCUT2D eigenvalue weighted by Gasteiger charge is 2.35. The average molecular weight is 314 g/mol. The molecule has 3 saturated heterocycles. The van der Waals surface area contributed by atoms with E-state index in [1.54, 1.807) is 12.1 Å². The molecule has 0 aliphatic carbocycles. The van der Waals surface area contributed by atoms with Crippen LogP contribution in [0.2, 0.25) is 0 Å². The van der Waals surface area contributed by atoms with E-state index in [1.807, 2.05) is 0 Å². The molecule has 23 heavy (non-hydrogen) atoms. The van der Waals surface area contributed by atoms with Crippen LogP contribution >= 0.6 is 0 Å². The zero-order chi connectivity index (χ0) is 15.8. The number of aromatic amines is 1. The van der Waals surface area contributed by atoms with Crippen molar-refractivity contribution in [1.29, 1.82) is 0 Å². The molecule has 2 N–H and O–H groups in total. The molecule has 5 rings (SSSR count). The summed E-state index contributed by atoms with van der Waals surface area (Å²) in [5, 5.41) is 3.12. The summed E-state index contributed by atoms with van der Waals surface area (Å²) >= 11 is 0. The third kappa shape index (κ3) is 2.74. The van der Waals surface area contributed by atoms with Crippen molar-refractivity contribution in [3.63, 3.8) is 0 Å². The second kappa shape index (κ2) is 5.77. The summed E-state index contributed by atoms with van der Waals surface area (Å²) in [6.45, 7) is 3.22. The van der Waals surface area contributed by atoms with E-state index in [1.165, 1.54) is 18.5 Å². The summed E-state index contributed by atoms with van der Waals surface area (Å²) in [4.78, 5) is 21.8. The fraction of sp³-hybridized carbons (Fsp3) is 0.412. The van der Waals surface area contributed by atoms with E-state index < -0.39 is 0 Å². The quantitative estimate of drug-likeness (QED) is 0.911. The van der Waals surface area contributed by atoms with Crippen molar-refractivity contribution in [3.05, 3.63) is 42.1 Å². The van der Waals surface area contributed by atoms with Crippen molar-refractivity contribution in [2.45, 2.75) is 18.9 Å². The normalized spacial score (nSPS) is 26.2. The molecule has 2 aromatic heterocycles. The highest BCUT2D eigenvalue weighted by Crippen LogP contribution is 2.28. The van der Waals surface area contributed by atoms with Gasteiger partial charge in [0.15, 0.2) is 0 Å². The van der Waals surface area contributed by atoms with Crippen LogP contribution in [-0.2, 0) is 0 Å². The Labute approximate surface area is 133 Å². The van der Waals surface area contributed by atoms with Gasteiger partial charge in [0.2, 0.25) is 0 Å². The minimum Gasteiger partial charge on any atom is -0.350 e. The number of H-pyrrole nitrogens is 1. The number of carbonyl (C=O) groups excluding carboxylic acids is 1. The maximum atomic E-state index is 13.8. The van der Waals surface area contributed by atoms with Gasteiger partial charge in [0, 0.05) is 25.0 Å². The van der Waals surface area contributed by atoms with Crippen molar-refractivity contribution in [2.24, 2.45) is 5.92 Å². The molecule has 0 radical (unpaired) electrons. The second-order valence-corrected chi connectivity index (χ2v) is 6.36. The predicted molar refractivity (Wildman–Crippen MR) is 84.4 cm³/mol. The van der Waals surface area contributed by atoms with Crippen LogP contribution in [0.25, 0.3) is 11.3 Å². The Kier molecular flexibility index (Phi) is 3.61. The zero-order valence-electron chi connectivity index (χ0n) is 12.8. The topological polar surface area (TPSA) is 61.0 Å². The van der Waals surface area contributed by atoms with Gasteiger partial charge in [0.1, 0.15) is 11.5 Å². The van der Waals surface area contributed by atoms with E-state index in [2.05, 4.69) is 20.2 Å². The largest absolute Gasteiger partial charge is 0.350 e. The molecule has 3 aliphatic rings. The van der Waals surface area contributed by atoms with Crippen molar-refractivity contribution >= 4 is 5.91 Å². The third-order valence-corrected chi connectivity index (χ3v) is 4.96. The van der Waals surface area contributed by atoms with Gasteiger partial charge >= 0.3 is 0 Å². The first kappa shape index (κ1) is 14.4. The van der Waals surface area contributed by atoms with E-state index in [0.717, 1.165) is 32.5 Å². The zero-order valence-corrected chi connectivity index (χ0v) is 12.8. The number of nitrogens with zero attached hydrogens (tertiary/aromatic N) is 2. The van der Waals surface area contributed by atoms with Gasteiger partial charge in [-0.2, -0.15) is 0 Å². The Bertz CT molecular complexity index is 721. The predicted octanol–water partition coefficient (Wildman–Crippen LogP) is 2.04. The van der Waals surface area contributed by atoms with Gasteiger partial charge in [0.05, 0.1) is 11.3 Å². The molecule has 5 nitrogen and oxygen atoms in total. The number of rotatable bonds is 3. The molecular weight excluding hydrogens is 295 g/mol. The van der Waals surface area contributed by atoms with Crippen molar-refractivity contribution < 1.29 is 9.18 Å². The van der Waals surface area contributed by atoms with Gasteiger partial charge in [-0.1, -0.05) is 0 Å². The highest BCUT2D eigenvalue weighted by atomic mass is 19.1. The molecule has 1 atom stereocenters. The molecule has 2 bridgehead atoms. The third-order valence-electron chi connectivity index (χ3n) is 4.96. The van der Waals surface area contributed by atoms with Gasteiger partial charge in [-0.25, -0.2) is 4.39 Å². The molecule has 0 spiro atoms. The number of fused-ring (bicyclic) bond motifs is 3. The van der Waals surface area contributed by atoms with Gasteiger partial charge in [-0.05, 0) is 50.0 Å². The van der Waals surface area contributed by atoms with E-state index in [0.29, 0.717) is 22.9 Å². The minimum absolute atomic E-state index is 0.126. The molecule has 120 valence electrons. The SMILES string of the molecule is O=C(NC1CN2CCC1CC2)c1ccc(-c2cnccc2F)[nH]1. The van der Waals surface area contributed by atoms with E-state index in [-0.39, 0.29) is 17.8 Å². The van der Waals surface area contributed by atoms with Crippen LogP contribution in [-0.4, -0.2) is 46.5 Å². The number of aromatic nitrogens is 2. The van der Waals surface area contributed by atoms with Crippen LogP contribution in [0.5, 0.6) is 0 Å². The number of hydrogen-bond acceptors (Lipinski definition) is 3. The van der Waals surface area contributed by atoms with Crippen LogP contribution in [0.15, 0.2) is 30.6 Å². The number of hydrogen-bond donors (Lipinski definition) is 2. The van der Waals surface area contributed by atoms with Crippen molar-refractivity contribution in [2.75, 3.05) is 19.6 Å². The Balaban J connectivity index is 1.48. The number of amides is 1. The lowest BCUT2D eigenvalue weighted by Crippen LogP contribution is -2.57. The van der Waals surface area contributed by atoms with E-state index >= 15 is 0 Å². The highest BCUT2D eigenvalue weighted by molar-refractivity contribution is 5.93. The second-order valence-electron chi connectivity index (χ2n) is 6.36. The molecule has 6 heteroatoms. The Hall–Kier alpha value is -2.21. The molecule has 1 unspecified atom stereocenters. The molecule has 5 heterocycles. The number of piperidine rings is 3. The number of nitrogens with one attached hydrogen (secondary N) is 2. The lowest BCUT2D eigenvalue weighted by Gasteiger charge is -2.44. The monoisotopic (exact) mass is 314 g/mol. The molecule has 1 amide bonds. The number of carbonyl (C=O) groups is 1. The fourth-order valence-corrected chi connectivity index (χ4v) is 3.64. The van der Waals surface area contributed by atoms with Crippen LogP contribution < -0.4 is 5.32 Å². The lowest BCUT2D eigenvalue weighted by molar-refractivity contribution is 0.0618. The summed E-state index contributed by atoms with van der Waals surface area (Å²) in [5.41, 5.74) is 1.39. The fourth-order valence-electron chi connectivity index (χ4n) is 3.64. The Morgan fingerprint density at radius 2 is 2.13 bits per heavy atom. The minimum atomic E-state index is -0.355. The summed E-state index contributed by atoms with van der Waals surface area (Å²) in [5.74, 6) is 0.0969. The van der Waals surface area contributed by atoms with Gasteiger partial charge < -0.3 is 15.2 Å². The first-order chi connectivity index (χ1) is 11.2. The molecule has 0 saturated carbocycles. The molecule has 0 aromatic carbocycles. The van der Waals surface area contributed by atoms with Gasteiger partial charge in [0.25, 0.3) is 5.91 Å². The summed E-state index contributed by atoms with van der Waals surface area (Å²) in [6.07, 6.45) is 5.17. The summed E-state index contributed by atoms with van der Waals surface area (Å²) in [6, 6.07) is 4.93. The summed E-state index contributed by atoms with van der Waals surface area (Å²) in [7, 11) is 0. The van der Waals surface area contributed by atoms with Crippen molar-refractivity contribution in [3.8, 4) is 11.3 Å². The number of halogens is 1. The van der Waals surface area contributed by atoms with E-state index in [4.69, 9.17) is 0 Å². The van der Waals surface area contributed by atoms with Crippen LogP contribution in [0, 0.1) is 11.7 Å². The van der Waals surface area contributed by atoms with Gasteiger partial charge in [-0.15, -0.1) is 0 Å². The van der Waals surface area contributed by atoms with E-state index in [9.17, 15) is 9.18 Å². The molecular formula is C17H19FN4O. The molecule has 2 aromatic rings. The maximum absolute atomic E-state index is 13.8. The van der Waals surface area contributed by atoms with Crippen LogP contribution in [0.3, 0.4) is 0 Å². The van der Waals surface area contributed by atoms with Gasteiger partial charge in [-0.3, -0.25) is 9.78 Å². The maximum Gasteiger partial charge on any atom is 0.267 e. The average Bonchev–Trinajstić information content (AvgIpc) is 3.06. The first-order valence-electron chi connectivity index (χ1n) is 8.03. The molecule has 3 aliphatic heterocycles. The Morgan fingerprint density at radius 1 is 1.30 bits per heavy atom. The lowest BCUT2D eigenvalue weighted by atomic mass is 9.84. The van der Waals surface area contributed by atoms with Crippen molar-refractivity contribution in [1.82, 2.24) is 20.2 Å². The Morgan fingerprint density at radius 3 is 2.83 bits per heavy atom. The van der Waals surface area contributed by atoms with Crippen LogP contribution in [0.4, 0.5) is 4.39 Å². The molecule has 3 fully saturated rings.